The summed E-state index contributed by atoms with van der Waals surface area (Å²) in [6, 6.07) is 7.45. The van der Waals surface area contributed by atoms with Crippen LogP contribution in [0, 0.1) is 0 Å². The normalized spacial score (nSPS) is 19.1. The zero-order chi connectivity index (χ0) is 17.3. The van der Waals surface area contributed by atoms with E-state index >= 15 is 0 Å². The second kappa shape index (κ2) is 6.38. The highest BCUT2D eigenvalue weighted by atomic mass is 16.7. The van der Waals surface area contributed by atoms with E-state index in [1.54, 1.807) is 14.1 Å². The second-order valence-electron chi connectivity index (χ2n) is 6.81. The Morgan fingerprint density at radius 3 is 2.09 bits per heavy atom. The minimum Gasteiger partial charge on any atom is -0.465 e. The summed E-state index contributed by atoms with van der Waals surface area (Å²) in [5.41, 5.74) is 0.217. The first kappa shape index (κ1) is 17.6. The van der Waals surface area contributed by atoms with Gasteiger partial charge in [-0.25, -0.2) is 0 Å². The van der Waals surface area contributed by atoms with E-state index < -0.39 is 0 Å². The third kappa shape index (κ3) is 3.95. The fourth-order valence-electron chi connectivity index (χ4n) is 2.00. The van der Waals surface area contributed by atoms with Crippen LogP contribution in [0.4, 0.5) is 0 Å². The Morgan fingerprint density at radius 1 is 1.09 bits per heavy atom. The molecule has 0 unspecified atom stereocenters. The number of hydrogen-bond donors (Lipinski definition) is 0. The van der Waals surface area contributed by atoms with Crippen LogP contribution in [0.3, 0.4) is 0 Å². The zero-order valence-electron chi connectivity index (χ0n) is 14.6. The second-order valence-corrected chi connectivity index (χ2v) is 6.81. The largest absolute Gasteiger partial charge is 0.494 e. The minimum atomic E-state index is -0.389. The number of likely N-dealkylation sites (N-methyl/N-ethyl adjacent to an activating group) is 1. The predicted molar refractivity (Wildman–Crippen MR) is 90.6 cm³/mol. The molecule has 0 spiro atoms. The summed E-state index contributed by atoms with van der Waals surface area (Å²) in [6.45, 7) is 8.10. The van der Waals surface area contributed by atoms with Gasteiger partial charge >= 0.3 is 7.12 Å². The van der Waals surface area contributed by atoms with Crippen molar-refractivity contribution in [3.63, 3.8) is 0 Å². The molecule has 1 fully saturated rings. The Balaban J connectivity index is 2.00. The number of benzene rings is 1. The maximum absolute atomic E-state index is 11.4. The van der Waals surface area contributed by atoms with Crippen LogP contribution in [-0.4, -0.2) is 43.2 Å². The molecule has 5 nitrogen and oxygen atoms in total. The minimum absolute atomic E-state index is 0.126. The smallest absolute Gasteiger partial charge is 0.465 e. The lowest BCUT2D eigenvalue weighted by molar-refractivity contribution is -0.123. The van der Waals surface area contributed by atoms with Crippen LogP contribution >= 0.6 is 0 Å². The molecule has 1 saturated heterocycles. The van der Waals surface area contributed by atoms with E-state index in [0.29, 0.717) is 5.75 Å². The fraction of sp³-hybridized carbons (Fsp3) is 0.471. The molecule has 2 rings (SSSR count). The van der Waals surface area contributed by atoms with Crippen LogP contribution in [-0.2, 0) is 14.1 Å². The lowest BCUT2D eigenvalue weighted by Gasteiger charge is -2.32. The molecule has 124 valence electrons. The van der Waals surface area contributed by atoms with Gasteiger partial charge in [-0.3, -0.25) is 4.79 Å². The van der Waals surface area contributed by atoms with E-state index in [4.69, 9.17) is 14.0 Å². The predicted octanol–water partition coefficient (Wildman–Crippen LogP) is 1.97. The highest BCUT2D eigenvalue weighted by Crippen LogP contribution is 2.36. The Kier molecular flexibility index (Phi) is 4.87. The monoisotopic (exact) mass is 317 g/mol. The Labute approximate surface area is 138 Å². The SMILES string of the molecule is CN(C)C(=O)C=COc1ccc(B2OC(C)(C)C(C)(C)O2)cc1. The van der Waals surface area contributed by atoms with E-state index in [2.05, 4.69) is 0 Å². The molecule has 0 bridgehead atoms. The van der Waals surface area contributed by atoms with Crippen molar-refractivity contribution >= 4 is 18.5 Å². The number of carbonyl (C=O) groups is 1. The van der Waals surface area contributed by atoms with Crippen molar-refractivity contribution in [2.24, 2.45) is 0 Å². The topological polar surface area (TPSA) is 48.0 Å². The van der Waals surface area contributed by atoms with Crippen LogP contribution in [0.25, 0.3) is 0 Å². The van der Waals surface area contributed by atoms with Gasteiger partial charge in [-0.2, -0.15) is 0 Å². The number of amides is 1. The molecule has 1 heterocycles. The average Bonchev–Trinajstić information content (AvgIpc) is 2.68. The van der Waals surface area contributed by atoms with E-state index in [0.717, 1.165) is 5.46 Å². The van der Waals surface area contributed by atoms with E-state index in [-0.39, 0.29) is 24.2 Å². The number of carbonyl (C=O) groups excluding carboxylic acids is 1. The molecule has 0 N–H and O–H groups in total. The highest BCUT2D eigenvalue weighted by molar-refractivity contribution is 6.62. The van der Waals surface area contributed by atoms with Gasteiger partial charge in [-0.1, -0.05) is 12.1 Å². The van der Waals surface area contributed by atoms with E-state index in [9.17, 15) is 4.79 Å². The molecule has 1 amide bonds. The summed E-state index contributed by atoms with van der Waals surface area (Å²) in [5.74, 6) is 0.520. The molecule has 1 aliphatic heterocycles. The van der Waals surface area contributed by atoms with Crippen molar-refractivity contribution in [1.82, 2.24) is 4.90 Å². The van der Waals surface area contributed by atoms with Crippen LogP contribution in [0.5, 0.6) is 5.75 Å². The van der Waals surface area contributed by atoms with E-state index in [1.807, 2.05) is 52.0 Å². The molecule has 1 aromatic rings. The van der Waals surface area contributed by atoms with Gasteiger partial charge in [0.25, 0.3) is 0 Å². The zero-order valence-corrected chi connectivity index (χ0v) is 14.6. The first-order chi connectivity index (χ1) is 10.6. The summed E-state index contributed by atoms with van der Waals surface area (Å²) < 4.78 is 17.4. The maximum atomic E-state index is 11.4. The Morgan fingerprint density at radius 2 is 1.61 bits per heavy atom. The van der Waals surface area contributed by atoms with Crippen molar-refractivity contribution < 1.29 is 18.8 Å². The first-order valence-electron chi connectivity index (χ1n) is 7.62. The van der Waals surface area contributed by atoms with Crippen molar-refractivity contribution in [2.45, 2.75) is 38.9 Å². The summed E-state index contributed by atoms with van der Waals surface area (Å²) in [7, 11) is 2.98. The summed E-state index contributed by atoms with van der Waals surface area (Å²) in [5, 5.41) is 0. The molecule has 1 aromatic carbocycles. The average molecular weight is 317 g/mol. The van der Waals surface area contributed by atoms with E-state index in [1.165, 1.54) is 17.2 Å². The molecular formula is C17H24BNO4. The molecule has 0 saturated carbocycles. The Hall–Kier alpha value is -1.79. The van der Waals surface area contributed by atoms with Crippen molar-refractivity contribution in [3.05, 3.63) is 36.6 Å². The number of hydrogen-bond acceptors (Lipinski definition) is 4. The quantitative estimate of drug-likeness (QED) is 0.484. The summed E-state index contributed by atoms with van der Waals surface area (Å²) in [6.07, 6.45) is 2.76. The summed E-state index contributed by atoms with van der Waals surface area (Å²) >= 11 is 0. The lowest BCUT2D eigenvalue weighted by atomic mass is 9.79. The van der Waals surface area contributed by atoms with Crippen LogP contribution < -0.4 is 10.2 Å². The third-order valence-corrected chi connectivity index (χ3v) is 4.26. The highest BCUT2D eigenvalue weighted by Gasteiger charge is 2.51. The van der Waals surface area contributed by atoms with Gasteiger partial charge in [0, 0.05) is 20.2 Å². The molecule has 6 heteroatoms. The van der Waals surface area contributed by atoms with Gasteiger partial charge in [0.15, 0.2) is 0 Å². The van der Waals surface area contributed by atoms with Crippen molar-refractivity contribution in [3.8, 4) is 5.75 Å². The fourth-order valence-corrected chi connectivity index (χ4v) is 2.00. The van der Waals surface area contributed by atoms with Crippen LogP contribution in [0.1, 0.15) is 27.7 Å². The van der Waals surface area contributed by atoms with Gasteiger partial charge in [-0.15, -0.1) is 0 Å². The number of ether oxygens (including phenoxy) is 1. The number of nitrogens with zero attached hydrogens (tertiary/aromatic N) is 1. The standard InChI is InChI=1S/C17H24BNO4/c1-16(2)17(3,4)23-18(22-16)13-7-9-14(10-8-13)21-12-11-15(20)19(5)6/h7-12H,1-6H3. The molecule has 23 heavy (non-hydrogen) atoms. The molecular weight excluding hydrogens is 293 g/mol. The van der Waals surface area contributed by atoms with Gasteiger partial charge < -0.3 is 18.9 Å². The maximum Gasteiger partial charge on any atom is 0.494 e. The molecule has 0 aliphatic carbocycles. The number of rotatable bonds is 4. The van der Waals surface area contributed by atoms with Gasteiger partial charge in [0.2, 0.25) is 5.91 Å². The third-order valence-electron chi connectivity index (χ3n) is 4.26. The van der Waals surface area contributed by atoms with Crippen LogP contribution in [0.2, 0.25) is 0 Å². The Bertz CT molecular complexity index is 577. The van der Waals surface area contributed by atoms with Crippen LogP contribution in [0.15, 0.2) is 36.6 Å². The van der Waals surface area contributed by atoms with Crippen molar-refractivity contribution in [1.29, 1.82) is 0 Å². The molecule has 0 atom stereocenters. The molecule has 1 aliphatic rings. The van der Waals surface area contributed by atoms with Crippen molar-refractivity contribution in [2.75, 3.05) is 14.1 Å². The molecule has 0 radical (unpaired) electrons. The lowest BCUT2D eigenvalue weighted by Crippen LogP contribution is -2.41. The van der Waals surface area contributed by atoms with Gasteiger partial charge in [0.1, 0.15) is 5.75 Å². The molecule has 0 aromatic heterocycles. The van der Waals surface area contributed by atoms with Gasteiger partial charge in [0.05, 0.1) is 17.5 Å². The first-order valence-corrected chi connectivity index (χ1v) is 7.62. The van der Waals surface area contributed by atoms with Gasteiger partial charge in [-0.05, 0) is 45.3 Å². The summed E-state index contributed by atoms with van der Waals surface area (Å²) in [4.78, 5) is 12.9.